The molecule has 174 valence electrons. The molecule has 0 unspecified atom stereocenters. The molecule has 5 rings (SSSR count). The molecular formula is C29H21N5O2. The molecule has 0 bridgehead atoms. The molecule has 0 aliphatic heterocycles. The van der Waals surface area contributed by atoms with Gasteiger partial charge in [-0.1, -0.05) is 36.9 Å². The highest BCUT2D eigenvalue weighted by molar-refractivity contribution is 6.04. The SMILES string of the molecule is C=CC(=O)Nc1cccc(-c2cc(-c3ccc(C(=O)Nc4ccccn4)cc3)cc3cncnc23)c1. The number of aromatic nitrogens is 3. The van der Waals surface area contributed by atoms with Crippen LogP contribution in [0.2, 0.25) is 0 Å². The van der Waals surface area contributed by atoms with E-state index in [1.807, 2.05) is 54.6 Å². The summed E-state index contributed by atoms with van der Waals surface area (Å²) in [5, 5.41) is 6.47. The molecule has 3 aromatic carbocycles. The van der Waals surface area contributed by atoms with E-state index < -0.39 is 0 Å². The molecule has 0 saturated heterocycles. The second-order valence-corrected chi connectivity index (χ2v) is 8.01. The quantitative estimate of drug-likeness (QED) is 0.308. The Bertz CT molecular complexity index is 1580. The van der Waals surface area contributed by atoms with E-state index in [2.05, 4.69) is 32.2 Å². The third-order valence-electron chi connectivity index (χ3n) is 5.62. The summed E-state index contributed by atoms with van der Waals surface area (Å²) >= 11 is 0. The number of anilines is 2. The molecule has 0 fully saturated rings. The van der Waals surface area contributed by atoms with Gasteiger partial charge >= 0.3 is 0 Å². The number of fused-ring (bicyclic) bond motifs is 1. The minimum Gasteiger partial charge on any atom is -0.323 e. The Kier molecular flexibility index (Phi) is 6.27. The van der Waals surface area contributed by atoms with Crippen molar-refractivity contribution in [3.05, 3.63) is 116 Å². The minimum atomic E-state index is -0.278. The van der Waals surface area contributed by atoms with Crippen LogP contribution in [0.4, 0.5) is 11.5 Å². The van der Waals surface area contributed by atoms with Crippen molar-refractivity contribution in [2.24, 2.45) is 0 Å². The fraction of sp³-hybridized carbons (Fsp3) is 0. The topological polar surface area (TPSA) is 96.9 Å². The van der Waals surface area contributed by atoms with Crippen molar-refractivity contribution in [2.75, 3.05) is 10.6 Å². The van der Waals surface area contributed by atoms with E-state index >= 15 is 0 Å². The Balaban J connectivity index is 1.50. The highest BCUT2D eigenvalue weighted by Crippen LogP contribution is 2.34. The first-order valence-electron chi connectivity index (χ1n) is 11.2. The number of amides is 2. The number of nitrogens with zero attached hydrogens (tertiary/aromatic N) is 3. The Labute approximate surface area is 207 Å². The van der Waals surface area contributed by atoms with Gasteiger partial charge in [0.15, 0.2) is 0 Å². The average molecular weight is 472 g/mol. The Morgan fingerprint density at radius 1 is 0.806 bits per heavy atom. The zero-order valence-electron chi connectivity index (χ0n) is 19.2. The van der Waals surface area contributed by atoms with Crippen LogP contribution < -0.4 is 10.6 Å². The van der Waals surface area contributed by atoms with Crippen molar-refractivity contribution in [1.82, 2.24) is 15.0 Å². The molecule has 0 spiro atoms. The van der Waals surface area contributed by atoms with Gasteiger partial charge in [-0.15, -0.1) is 0 Å². The second kappa shape index (κ2) is 9.99. The van der Waals surface area contributed by atoms with Gasteiger partial charge in [-0.05, 0) is 71.3 Å². The lowest BCUT2D eigenvalue weighted by atomic mass is 9.95. The van der Waals surface area contributed by atoms with Crippen LogP contribution in [0.3, 0.4) is 0 Å². The molecule has 0 saturated carbocycles. The number of hydrogen-bond acceptors (Lipinski definition) is 5. The molecule has 5 aromatic rings. The van der Waals surface area contributed by atoms with Crippen LogP contribution in [0.1, 0.15) is 10.4 Å². The van der Waals surface area contributed by atoms with E-state index in [1.165, 1.54) is 12.4 Å². The highest BCUT2D eigenvalue weighted by Gasteiger charge is 2.12. The number of nitrogens with one attached hydrogen (secondary N) is 2. The van der Waals surface area contributed by atoms with Gasteiger partial charge in [-0.25, -0.2) is 15.0 Å². The van der Waals surface area contributed by atoms with Crippen LogP contribution in [0.15, 0.2) is 110 Å². The van der Waals surface area contributed by atoms with E-state index in [9.17, 15) is 9.59 Å². The molecule has 0 aliphatic rings. The number of carbonyl (C=O) groups excluding carboxylic acids is 2. The first-order chi connectivity index (χ1) is 17.6. The van der Waals surface area contributed by atoms with Gasteiger partial charge in [0.2, 0.25) is 5.91 Å². The summed E-state index contributed by atoms with van der Waals surface area (Å²) in [5.74, 6) is -0.0104. The molecule has 2 amide bonds. The third kappa shape index (κ3) is 4.85. The van der Waals surface area contributed by atoms with Crippen LogP contribution in [-0.4, -0.2) is 26.8 Å². The van der Waals surface area contributed by atoms with Gasteiger partial charge in [-0.3, -0.25) is 9.59 Å². The molecule has 7 nitrogen and oxygen atoms in total. The molecular weight excluding hydrogens is 450 g/mol. The van der Waals surface area contributed by atoms with E-state index in [4.69, 9.17) is 0 Å². The van der Waals surface area contributed by atoms with Crippen LogP contribution in [-0.2, 0) is 4.79 Å². The van der Waals surface area contributed by atoms with Crippen molar-refractivity contribution in [2.45, 2.75) is 0 Å². The lowest BCUT2D eigenvalue weighted by molar-refractivity contribution is -0.111. The fourth-order valence-electron chi connectivity index (χ4n) is 3.89. The molecule has 2 heterocycles. The van der Waals surface area contributed by atoms with Crippen LogP contribution >= 0.6 is 0 Å². The van der Waals surface area contributed by atoms with Gasteiger partial charge in [0.25, 0.3) is 5.91 Å². The molecule has 0 radical (unpaired) electrons. The lowest BCUT2D eigenvalue weighted by Crippen LogP contribution is -2.12. The average Bonchev–Trinajstić information content (AvgIpc) is 2.93. The normalized spacial score (nSPS) is 10.6. The summed E-state index contributed by atoms with van der Waals surface area (Å²) in [5.41, 5.74) is 5.67. The summed E-state index contributed by atoms with van der Waals surface area (Å²) in [6, 6.07) is 24.4. The zero-order chi connectivity index (χ0) is 24.9. The molecule has 7 heteroatoms. The number of hydrogen-bond donors (Lipinski definition) is 2. The molecule has 36 heavy (non-hydrogen) atoms. The number of pyridine rings is 1. The Morgan fingerprint density at radius 3 is 2.44 bits per heavy atom. The maximum absolute atomic E-state index is 12.6. The van der Waals surface area contributed by atoms with Gasteiger partial charge < -0.3 is 10.6 Å². The molecule has 2 N–H and O–H groups in total. The maximum Gasteiger partial charge on any atom is 0.256 e. The summed E-state index contributed by atoms with van der Waals surface area (Å²) < 4.78 is 0. The van der Waals surface area contributed by atoms with Crippen LogP contribution in [0, 0.1) is 0 Å². The van der Waals surface area contributed by atoms with E-state index in [0.29, 0.717) is 17.1 Å². The molecule has 0 atom stereocenters. The van der Waals surface area contributed by atoms with Crippen LogP contribution in [0.5, 0.6) is 0 Å². The molecule has 0 aliphatic carbocycles. The van der Waals surface area contributed by atoms with Crippen molar-refractivity contribution >= 4 is 34.2 Å². The summed E-state index contributed by atoms with van der Waals surface area (Å²) in [7, 11) is 0. The standard InChI is InChI=1S/C29H21N5O2/c1-2-27(35)33-24-7-5-6-21(15-24)25-16-22(14-23-17-30-18-32-28(23)25)19-9-11-20(12-10-19)29(36)34-26-8-3-4-13-31-26/h2-18H,1H2,(H,33,35)(H,31,34,36). The smallest absolute Gasteiger partial charge is 0.256 e. The third-order valence-corrected chi connectivity index (χ3v) is 5.62. The summed E-state index contributed by atoms with van der Waals surface area (Å²) in [6.07, 6.45) is 6.15. The van der Waals surface area contributed by atoms with Crippen molar-refractivity contribution in [3.63, 3.8) is 0 Å². The first kappa shape index (κ1) is 22.6. The predicted octanol–water partition coefficient (Wildman–Crippen LogP) is 5.74. The van der Waals surface area contributed by atoms with E-state index in [-0.39, 0.29) is 11.8 Å². The van der Waals surface area contributed by atoms with Crippen molar-refractivity contribution < 1.29 is 9.59 Å². The van der Waals surface area contributed by atoms with E-state index in [1.54, 1.807) is 36.7 Å². The lowest BCUT2D eigenvalue weighted by Gasteiger charge is -2.12. The fourth-order valence-corrected chi connectivity index (χ4v) is 3.89. The maximum atomic E-state index is 12.6. The first-order valence-corrected chi connectivity index (χ1v) is 11.2. The monoisotopic (exact) mass is 471 g/mol. The van der Waals surface area contributed by atoms with Crippen molar-refractivity contribution in [3.8, 4) is 22.3 Å². The largest absolute Gasteiger partial charge is 0.323 e. The zero-order valence-corrected chi connectivity index (χ0v) is 19.2. The highest BCUT2D eigenvalue weighted by atomic mass is 16.2. The summed E-state index contributed by atoms with van der Waals surface area (Å²) in [6.45, 7) is 3.50. The minimum absolute atomic E-state index is 0.230. The van der Waals surface area contributed by atoms with Crippen molar-refractivity contribution in [1.29, 1.82) is 0 Å². The van der Waals surface area contributed by atoms with Crippen LogP contribution in [0.25, 0.3) is 33.2 Å². The number of benzene rings is 3. The van der Waals surface area contributed by atoms with Gasteiger partial charge in [0.05, 0.1) is 5.52 Å². The summed E-state index contributed by atoms with van der Waals surface area (Å²) in [4.78, 5) is 37.2. The number of rotatable bonds is 6. The predicted molar refractivity (Wildman–Crippen MR) is 141 cm³/mol. The van der Waals surface area contributed by atoms with Gasteiger partial charge in [-0.2, -0.15) is 0 Å². The van der Waals surface area contributed by atoms with E-state index in [0.717, 1.165) is 33.2 Å². The Morgan fingerprint density at radius 2 is 1.67 bits per heavy atom. The van der Waals surface area contributed by atoms with Gasteiger partial charge in [0, 0.05) is 34.6 Å². The molecule has 2 aromatic heterocycles. The second-order valence-electron chi connectivity index (χ2n) is 8.01. The number of carbonyl (C=O) groups is 2. The Hall–Kier alpha value is -5.17. The van der Waals surface area contributed by atoms with Gasteiger partial charge in [0.1, 0.15) is 12.1 Å².